The van der Waals surface area contributed by atoms with Crippen LogP contribution in [0.4, 0.5) is 8.78 Å². The lowest BCUT2D eigenvalue weighted by Gasteiger charge is -2.05. The Morgan fingerprint density at radius 1 is 1.00 bits per heavy atom. The van der Waals surface area contributed by atoms with Crippen LogP contribution in [0.25, 0.3) is 11.1 Å². The molecule has 0 fully saturated rings. The summed E-state index contributed by atoms with van der Waals surface area (Å²) >= 11 is 3.21. The molecular weight excluding hydrogens is 278 g/mol. The van der Waals surface area contributed by atoms with Gasteiger partial charge in [0, 0.05) is 16.1 Å². The van der Waals surface area contributed by atoms with Crippen molar-refractivity contribution in [1.82, 2.24) is 0 Å². The quantitative estimate of drug-likeness (QED) is 0.836. The topological polar surface area (TPSA) is 20.2 Å². The first-order valence-electron chi connectivity index (χ1n) is 4.51. The van der Waals surface area contributed by atoms with E-state index in [9.17, 15) is 13.9 Å². The maximum absolute atomic E-state index is 13.5. The van der Waals surface area contributed by atoms with Crippen LogP contribution >= 0.6 is 15.9 Å². The molecule has 0 bridgehead atoms. The molecule has 2 aromatic carbocycles. The highest BCUT2D eigenvalue weighted by Crippen LogP contribution is 2.29. The third-order valence-electron chi connectivity index (χ3n) is 2.12. The number of halogens is 3. The van der Waals surface area contributed by atoms with Gasteiger partial charge in [-0.25, -0.2) is 8.78 Å². The zero-order valence-electron chi connectivity index (χ0n) is 8.05. The highest BCUT2D eigenvalue weighted by molar-refractivity contribution is 9.10. The molecule has 0 spiro atoms. The fraction of sp³-hybridized carbons (Fsp3) is 0. The Labute approximate surface area is 99.5 Å². The van der Waals surface area contributed by atoms with Crippen molar-refractivity contribution in [3.63, 3.8) is 0 Å². The van der Waals surface area contributed by atoms with Crippen LogP contribution in [-0.4, -0.2) is 5.11 Å². The summed E-state index contributed by atoms with van der Waals surface area (Å²) < 4.78 is 27.2. The van der Waals surface area contributed by atoms with Crippen molar-refractivity contribution in [2.24, 2.45) is 0 Å². The van der Waals surface area contributed by atoms with Gasteiger partial charge in [0.2, 0.25) is 0 Å². The van der Waals surface area contributed by atoms with Gasteiger partial charge in [0.1, 0.15) is 17.4 Å². The molecule has 0 aliphatic carbocycles. The van der Waals surface area contributed by atoms with Crippen molar-refractivity contribution in [3.8, 4) is 16.9 Å². The van der Waals surface area contributed by atoms with E-state index < -0.39 is 11.6 Å². The van der Waals surface area contributed by atoms with Gasteiger partial charge in [0.15, 0.2) is 0 Å². The molecule has 1 nitrogen and oxygen atoms in total. The number of phenolic OH excluding ortho intramolecular Hbond substituents is 1. The van der Waals surface area contributed by atoms with Crippen LogP contribution in [0.1, 0.15) is 0 Å². The van der Waals surface area contributed by atoms with Crippen LogP contribution in [-0.2, 0) is 0 Å². The molecule has 0 aromatic heterocycles. The average molecular weight is 285 g/mol. The molecule has 0 radical (unpaired) electrons. The summed E-state index contributed by atoms with van der Waals surface area (Å²) in [6, 6.07) is 7.82. The van der Waals surface area contributed by atoms with E-state index in [1.54, 1.807) is 6.07 Å². The number of benzene rings is 2. The Morgan fingerprint density at radius 3 is 2.44 bits per heavy atom. The minimum atomic E-state index is -0.602. The van der Waals surface area contributed by atoms with Crippen LogP contribution in [0.5, 0.6) is 5.75 Å². The van der Waals surface area contributed by atoms with Crippen LogP contribution in [0, 0.1) is 11.6 Å². The van der Waals surface area contributed by atoms with E-state index in [0.717, 1.165) is 6.07 Å². The number of aromatic hydroxyl groups is 1. The molecule has 0 saturated heterocycles. The monoisotopic (exact) mass is 284 g/mol. The Bertz CT molecular complexity index is 520. The summed E-state index contributed by atoms with van der Waals surface area (Å²) in [6.45, 7) is 0. The molecule has 0 heterocycles. The molecule has 0 saturated carbocycles. The first-order chi connectivity index (χ1) is 7.56. The van der Waals surface area contributed by atoms with E-state index in [4.69, 9.17) is 0 Å². The number of rotatable bonds is 1. The Hall–Kier alpha value is -1.42. The van der Waals surface area contributed by atoms with Gasteiger partial charge in [-0.15, -0.1) is 0 Å². The van der Waals surface area contributed by atoms with Crippen LogP contribution in [0.2, 0.25) is 0 Å². The SMILES string of the molecule is Oc1cc(F)cc(-c2cc(Br)ccc2F)c1. The van der Waals surface area contributed by atoms with Gasteiger partial charge in [0.25, 0.3) is 0 Å². The third-order valence-corrected chi connectivity index (χ3v) is 2.62. The fourth-order valence-corrected chi connectivity index (χ4v) is 1.81. The van der Waals surface area contributed by atoms with Gasteiger partial charge in [-0.2, -0.15) is 0 Å². The molecule has 0 aliphatic rings. The lowest BCUT2D eigenvalue weighted by Crippen LogP contribution is -1.86. The first-order valence-corrected chi connectivity index (χ1v) is 5.30. The molecule has 0 aliphatic heterocycles. The second-order valence-corrected chi connectivity index (χ2v) is 4.24. The lowest BCUT2D eigenvalue weighted by molar-refractivity contribution is 0.469. The number of phenols is 1. The molecule has 16 heavy (non-hydrogen) atoms. The van der Waals surface area contributed by atoms with E-state index in [-0.39, 0.29) is 11.3 Å². The highest BCUT2D eigenvalue weighted by Gasteiger charge is 2.08. The molecule has 82 valence electrons. The van der Waals surface area contributed by atoms with Gasteiger partial charge in [-0.1, -0.05) is 15.9 Å². The normalized spacial score (nSPS) is 10.4. The zero-order chi connectivity index (χ0) is 11.7. The summed E-state index contributed by atoms with van der Waals surface area (Å²) in [5.74, 6) is -1.29. The lowest BCUT2D eigenvalue weighted by atomic mass is 10.0. The van der Waals surface area contributed by atoms with Gasteiger partial charge >= 0.3 is 0 Å². The summed E-state index contributed by atoms with van der Waals surface area (Å²) in [4.78, 5) is 0. The smallest absolute Gasteiger partial charge is 0.131 e. The van der Waals surface area contributed by atoms with E-state index in [1.165, 1.54) is 24.3 Å². The third kappa shape index (κ3) is 2.22. The molecule has 2 aromatic rings. The Balaban J connectivity index is 2.62. The molecule has 4 heteroatoms. The fourth-order valence-electron chi connectivity index (χ4n) is 1.45. The average Bonchev–Trinajstić information content (AvgIpc) is 2.20. The van der Waals surface area contributed by atoms with E-state index in [0.29, 0.717) is 10.0 Å². The minimum Gasteiger partial charge on any atom is -0.508 e. The largest absolute Gasteiger partial charge is 0.508 e. The zero-order valence-corrected chi connectivity index (χ0v) is 9.63. The van der Waals surface area contributed by atoms with E-state index >= 15 is 0 Å². The number of hydrogen-bond donors (Lipinski definition) is 1. The van der Waals surface area contributed by atoms with Crippen molar-refractivity contribution < 1.29 is 13.9 Å². The van der Waals surface area contributed by atoms with Crippen LogP contribution in [0.3, 0.4) is 0 Å². The van der Waals surface area contributed by atoms with E-state index in [1.807, 2.05) is 0 Å². The molecule has 0 atom stereocenters. The number of hydrogen-bond acceptors (Lipinski definition) is 1. The van der Waals surface area contributed by atoms with Gasteiger partial charge in [0.05, 0.1) is 0 Å². The van der Waals surface area contributed by atoms with Gasteiger partial charge in [-0.3, -0.25) is 0 Å². The Morgan fingerprint density at radius 2 is 1.75 bits per heavy atom. The predicted molar refractivity (Wildman–Crippen MR) is 61.2 cm³/mol. The van der Waals surface area contributed by atoms with Gasteiger partial charge in [-0.05, 0) is 35.9 Å². The molecule has 0 unspecified atom stereocenters. The van der Waals surface area contributed by atoms with Crippen LogP contribution < -0.4 is 0 Å². The molecule has 0 amide bonds. The standard InChI is InChI=1S/C12H7BrF2O/c13-8-1-2-12(15)11(5-8)7-3-9(14)6-10(16)4-7/h1-6,16H. The van der Waals surface area contributed by atoms with Crippen molar-refractivity contribution >= 4 is 15.9 Å². The first kappa shape index (κ1) is 11.1. The summed E-state index contributed by atoms with van der Waals surface area (Å²) in [5, 5.41) is 9.24. The van der Waals surface area contributed by atoms with Crippen molar-refractivity contribution in [3.05, 3.63) is 52.5 Å². The van der Waals surface area contributed by atoms with Crippen molar-refractivity contribution in [1.29, 1.82) is 0 Å². The van der Waals surface area contributed by atoms with E-state index in [2.05, 4.69) is 15.9 Å². The minimum absolute atomic E-state index is 0.227. The predicted octanol–water partition coefficient (Wildman–Crippen LogP) is 4.10. The highest BCUT2D eigenvalue weighted by atomic mass is 79.9. The second-order valence-electron chi connectivity index (χ2n) is 3.32. The maximum atomic E-state index is 13.5. The summed E-state index contributed by atoms with van der Waals surface area (Å²) in [5.41, 5.74) is 0.542. The molecular formula is C12H7BrF2O. The van der Waals surface area contributed by atoms with Crippen molar-refractivity contribution in [2.45, 2.75) is 0 Å². The Kier molecular flexibility index (Phi) is 2.92. The van der Waals surface area contributed by atoms with Gasteiger partial charge < -0.3 is 5.11 Å². The summed E-state index contributed by atoms with van der Waals surface area (Å²) in [7, 11) is 0. The van der Waals surface area contributed by atoms with Crippen molar-refractivity contribution in [2.75, 3.05) is 0 Å². The maximum Gasteiger partial charge on any atom is 0.131 e. The molecule has 1 N–H and O–H groups in total. The molecule has 2 rings (SSSR count). The van der Waals surface area contributed by atoms with Crippen LogP contribution in [0.15, 0.2) is 40.9 Å². The summed E-state index contributed by atoms with van der Waals surface area (Å²) in [6.07, 6.45) is 0. The second kappa shape index (κ2) is 4.22.